The van der Waals surface area contributed by atoms with Gasteiger partial charge >= 0.3 is 23.6 Å². The van der Waals surface area contributed by atoms with Gasteiger partial charge in [-0.3, -0.25) is 24.0 Å². The van der Waals surface area contributed by atoms with Crippen molar-refractivity contribution in [3.05, 3.63) is 72.6 Å². The van der Waals surface area contributed by atoms with Gasteiger partial charge in [0.05, 0.1) is 48.5 Å². The average Bonchev–Trinajstić information content (AvgIpc) is 4.04. The molecule has 4 fully saturated rings. The number of benzene rings is 2. The summed E-state index contributed by atoms with van der Waals surface area (Å²) in [5.41, 5.74) is 4.66. The lowest BCUT2D eigenvalue weighted by Gasteiger charge is -2.33. The first-order valence-corrected chi connectivity index (χ1v) is 19.1. The highest BCUT2D eigenvalue weighted by molar-refractivity contribution is 6.35. The number of amides is 4. The van der Waals surface area contributed by atoms with E-state index in [4.69, 9.17) is 0 Å². The number of aromatic nitrogens is 4. The first-order valence-electron chi connectivity index (χ1n) is 19.1. The van der Waals surface area contributed by atoms with Crippen LogP contribution in [-0.4, -0.2) is 131 Å². The van der Waals surface area contributed by atoms with Gasteiger partial charge < -0.3 is 34.7 Å². The number of aliphatic hydroxyl groups is 1. The van der Waals surface area contributed by atoms with Gasteiger partial charge in [-0.1, -0.05) is 48.5 Å². The Morgan fingerprint density at radius 1 is 0.621 bits per heavy atom. The second kappa shape index (κ2) is 15.1. The van der Waals surface area contributed by atoms with Crippen LogP contribution in [0.15, 0.2) is 60.9 Å². The van der Waals surface area contributed by atoms with Gasteiger partial charge in [0.1, 0.15) is 11.6 Å². The van der Waals surface area contributed by atoms with Crippen LogP contribution in [0.2, 0.25) is 0 Å². The van der Waals surface area contributed by atoms with E-state index in [1.54, 1.807) is 12.4 Å². The minimum absolute atomic E-state index is 0.0337. The number of carbonyl (C=O) groups is 5. The second-order valence-corrected chi connectivity index (χ2v) is 15.4. The van der Waals surface area contributed by atoms with E-state index >= 15 is 0 Å². The smallest absolute Gasteiger partial charge is 0.313 e. The van der Waals surface area contributed by atoms with Crippen molar-refractivity contribution < 1.29 is 46.6 Å². The first kappa shape index (κ1) is 38.9. The number of hydrogen-bond acceptors (Lipinski definition) is 8. The summed E-state index contributed by atoms with van der Waals surface area (Å²) in [6, 6.07) is 13.7. The summed E-state index contributed by atoms with van der Waals surface area (Å²) in [6.45, 7) is -1.26. The Hall–Kier alpha value is -5.91. The molecule has 304 valence electrons. The van der Waals surface area contributed by atoms with E-state index < -0.39 is 79.3 Å². The van der Waals surface area contributed by atoms with Crippen molar-refractivity contribution in [1.29, 1.82) is 0 Å². The number of nitrogens with zero attached hydrogens (tertiary/aromatic N) is 6. The lowest BCUT2D eigenvalue weighted by atomic mass is 10.0. The quantitative estimate of drug-likeness (QED) is 0.200. The van der Waals surface area contributed by atoms with Crippen molar-refractivity contribution in [1.82, 2.24) is 39.5 Å². The van der Waals surface area contributed by atoms with Crippen molar-refractivity contribution in [2.24, 2.45) is 0 Å². The molecule has 2 aromatic heterocycles. The van der Waals surface area contributed by atoms with Gasteiger partial charge in [-0.15, -0.1) is 0 Å². The highest BCUT2D eigenvalue weighted by Crippen LogP contribution is 2.35. The Labute approximate surface area is 329 Å². The summed E-state index contributed by atoms with van der Waals surface area (Å²) in [6.07, 6.45) is 0.373. The minimum atomic E-state index is -2.88. The Morgan fingerprint density at radius 3 is 1.50 bits per heavy atom. The highest BCUT2D eigenvalue weighted by atomic mass is 19.3. The van der Waals surface area contributed by atoms with Gasteiger partial charge in [0.2, 0.25) is 0 Å². The largest absolute Gasteiger partial charge is 0.391 e. The van der Waals surface area contributed by atoms with Gasteiger partial charge in [0, 0.05) is 71.2 Å². The monoisotopic (exact) mass is 804 g/mol. The van der Waals surface area contributed by atoms with Gasteiger partial charge in [-0.05, 0) is 22.3 Å². The molecule has 0 radical (unpaired) electrons. The molecular formula is C40H40F4N8O6. The van der Waals surface area contributed by atoms with Crippen LogP contribution in [0, 0.1) is 0 Å². The minimum Gasteiger partial charge on any atom is -0.391 e. The van der Waals surface area contributed by atoms with Crippen LogP contribution in [0.25, 0.3) is 33.6 Å². The standard InChI is InChI=1S/C40H40F4N8O6/c41-39(42)9-13-49(14-10-39)35(55)37(57)51-21-27(53)17-31(51)33-45-19-29(47-33)25-5-1-23(2-6-25)24-3-7-26(8-4-24)30-20-46-34(48-30)32-18-28(54)22-52(32)38(58)36(56)50-15-11-40(43,44)12-16-50/h1-8,19-20,27,31-32,53H,9-18,21-22H2,(H,45,47)(H,46,48)/t27-,31+,32+/m1/s1. The molecule has 0 unspecified atom stereocenters. The number of likely N-dealkylation sites (tertiary alicyclic amines) is 4. The molecule has 4 saturated heterocycles. The number of halogens is 4. The number of hydrogen-bond donors (Lipinski definition) is 3. The second-order valence-electron chi connectivity index (χ2n) is 15.4. The Kier molecular flexibility index (Phi) is 10.1. The number of ketones is 1. The van der Waals surface area contributed by atoms with Gasteiger partial charge in [-0.25, -0.2) is 27.5 Å². The van der Waals surface area contributed by atoms with E-state index in [9.17, 15) is 46.6 Å². The van der Waals surface area contributed by atoms with Gasteiger partial charge in [0.15, 0.2) is 5.78 Å². The van der Waals surface area contributed by atoms with Crippen LogP contribution in [0.3, 0.4) is 0 Å². The van der Waals surface area contributed by atoms with E-state index in [0.29, 0.717) is 23.0 Å². The fourth-order valence-electron chi connectivity index (χ4n) is 8.03. The number of aromatic amines is 2. The zero-order valence-electron chi connectivity index (χ0n) is 31.2. The lowest BCUT2D eigenvalue weighted by Crippen LogP contribution is -2.50. The van der Waals surface area contributed by atoms with Gasteiger partial charge in [0.25, 0.3) is 11.8 Å². The number of aliphatic hydroxyl groups excluding tert-OH is 1. The van der Waals surface area contributed by atoms with Crippen molar-refractivity contribution >= 4 is 29.4 Å². The van der Waals surface area contributed by atoms with E-state index in [1.807, 2.05) is 48.5 Å². The van der Waals surface area contributed by atoms with Crippen LogP contribution in [0.4, 0.5) is 17.6 Å². The number of carbonyl (C=O) groups excluding carboxylic acids is 5. The third-order valence-electron chi connectivity index (χ3n) is 11.4. The fourth-order valence-corrected chi connectivity index (χ4v) is 8.03. The first-order chi connectivity index (χ1) is 27.6. The molecule has 0 bridgehead atoms. The molecule has 3 N–H and O–H groups in total. The summed E-state index contributed by atoms with van der Waals surface area (Å²) in [4.78, 5) is 84.6. The topological polar surface area (TPSA) is 176 Å². The molecule has 4 amide bonds. The summed E-state index contributed by atoms with van der Waals surface area (Å²) < 4.78 is 54.5. The van der Waals surface area contributed by atoms with E-state index in [0.717, 1.165) is 37.0 Å². The molecule has 58 heavy (non-hydrogen) atoms. The summed E-state index contributed by atoms with van der Waals surface area (Å²) in [5, 5.41) is 10.4. The highest BCUT2D eigenvalue weighted by Gasteiger charge is 2.45. The third kappa shape index (κ3) is 7.84. The van der Waals surface area contributed by atoms with Crippen LogP contribution in [-0.2, 0) is 24.0 Å². The summed E-state index contributed by atoms with van der Waals surface area (Å²) in [7, 11) is 0. The van der Waals surface area contributed by atoms with Crippen molar-refractivity contribution in [2.75, 3.05) is 39.3 Å². The molecule has 4 aliphatic heterocycles. The zero-order valence-corrected chi connectivity index (χ0v) is 31.2. The molecule has 3 atom stereocenters. The maximum Gasteiger partial charge on any atom is 0.313 e. The normalized spacial score (nSPS) is 23.1. The van der Waals surface area contributed by atoms with Crippen molar-refractivity contribution in [3.8, 4) is 33.6 Å². The number of H-pyrrole nitrogens is 2. The lowest BCUT2D eigenvalue weighted by molar-refractivity contribution is -0.156. The number of rotatable bonds is 5. The maximum atomic E-state index is 13.6. The van der Waals surface area contributed by atoms with Crippen LogP contribution in [0.5, 0.6) is 0 Å². The number of imidazole rings is 2. The van der Waals surface area contributed by atoms with Crippen molar-refractivity contribution in [3.63, 3.8) is 0 Å². The number of alkyl halides is 4. The Bertz CT molecular complexity index is 2220. The molecule has 0 spiro atoms. The summed E-state index contributed by atoms with van der Waals surface area (Å²) >= 11 is 0. The average molecular weight is 805 g/mol. The SMILES string of the molecule is O=C1C[C@@H](c2ncc(-c3ccc(-c4ccc(-c5cnc([C@@H]6C[C@@H](O)CN6C(=O)C(=O)N6CCC(F)(F)CC6)[nH]5)cc4)cc3)[nH]2)N(C(=O)C(=O)N2CCC(F)(F)CC2)C1. The molecule has 0 saturated carbocycles. The summed E-state index contributed by atoms with van der Waals surface area (Å²) in [5.74, 6) is -8.83. The third-order valence-corrected chi connectivity index (χ3v) is 11.4. The van der Waals surface area contributed by atoms with E-state index in [2.05, 4.69) is 19.9 Å². The molecule has 0 aliphatic carbocycles. The van der Waals surface area contributed by atoms with Crippen LogP contribution >= 0.6 is 0 Å². The molecule has 8 rings (SSSR count). The number of Topliss-reactive ketones (excluding diaryl/α,β-unsaturated/α-hetero) is 1. The number of piperidine rings is 2. The Balaban J connectivity index is 0.905. The van der Waals surface area contributed by atoms with Gasteiger partial charge in [-0.2, -0.15) is 0 Å². The Morgan fingerprint density at radius 2 is 1.03 bits per heavy atom. The number of nitrogens with one attached hydrogen (secondary N) is 2. The maximum absolute atomic E-state index is 13.6. The predicted octanol–water partition coefficient (Wildman–Crippen LogP) is 4.13. The number of β-amino-alcohol motifs (C(OH)–C–C–N with tert-alkyl or cyclic N) is 1. The van der Waals surface area contributed by atoms with Crippen LogP contribution in [0.1, 0.15) is 62.3 Å². The molecule has 4 aliphatic rings. The zero-order chi connectivity index (χ0) is 40.9. The molecule has 4 aromatic rings. The van der Waals surface area contributed by atoms with Crippen LogP contribution < -0.4 is 0 Å². The van der Waals surface area contributed by atoms with Crippen molar-refractivity contribution in [2.45, 2.75) is 68.6 Å². The molecule has 18 heteroatoms. The molecule has 2 aromatic carbocycles. The fraction of sp³-hybridized carbons (Fsp3) is 0.425. The van der Waals surface area contributed by atoms with E-state index in [1.165, 1.54) is 4.90 Å². The predicted molar refractivity (Wildman–Crippen MR) is 198 cm³/mol. The molecule has 14 nitrogen and oxygen atoms in total. The molecule has 6 heterocycles. The molecular weight excluding hydrogens is 764 g/mol. The van der Waals surface area contributed by atoms with E-state index in [-0.39, 0.29) is 57.9 Å².